The average Bonchev–Trinajstić information content (AvgIpc) is 2.77. The predicted molar refractivity (Wildman–Crippen MR) is 70.4 cm³/mol. The van der Waals surface area contributed by atoms with Gasteiger partial charge in [-0.25, -0.2) is 0 Å². The van der Waals surface area contributed by atoms with Gasteiger partial charge in [0.2, 0.25) is 5.91 Å². The molecule has 1 amide bonds. The molecule has 0 unspecified atom stereocenters. The SMILES string of the molecule is CC(C)C[C@H](CNC(=O)Cn1cccn1)CC(=O)O. The summed E-state index contributed by atoms with van der Waals surface area (Å²) >= 11 is 0. The number of rotatable bonds is 8. The molecule has 1 rings (SSSR count). The van der Waals surface area contributed by atoms with Gasteiger partial charge in [0.25, 0.3) is 0 Å². The third kappa shape index (κ3) is 6.59. The van der Waals surface area contributed by atoms with E-state index in [9.17, 15) is 9.59 Å². The summed E-state index contributed by atoms with van der Waals surface area (Å²) in [5.74, 6) is -0.596. The Morgan fingerprint density at radius 3 is 2.68 bits per heavy atom. The van der Waals surface area contributed by atoms with Crippen LogP contribution in [-0.4, -0.2) is 33.3 Å². The summed E-state index contributed by atoms with van der Waals surface area (Å²) in [5.41, 5.74) is 0. The monoisotopic (exact) mass is 267 g/mol. The minimum Gasteiger partial charge on any atom is -0.481 e. The fourth-order valence-electron chi connectivity index (χ4n) is 2.01. The molecule has 6 heteroatoms. The van der Waals surface area contributed by atoms with Crippen molar-refractivity contribution in [1.29, 1.82) is 0 Å². The van der Waals surface area contributed by atoms with Crippen molar-refractivity contribution in [3.05, 3.63) is 18.5 Å². The van der Waals surface area contributed by atoms with Crippen LogP contribution >= 0.6 is 0 Å². The number of aliphatic carboxylic acids is 1. The lowest BCUT2D eigenvalue weighted by Gasteiger charge is -2.17. The Morgan fingerprint density at radius 1 is 1.42 bits per heavy atom. The fourth-order valence-corrected chi connectivity index (χ4v) is 2.01. The van der Waals surface area contributed by atoms with Crippen LogP contribution in [0, 0.1) is 11.8 Å². The molecular formula is C13H21N3O3. The van der Waals surface area contributed by atoms with Gasteiger partial charge in [0.05, 0.1) is 0 Å². The number of aromatic nitrogens is 2. The maximum Gasteiger partial charge on any atom is 0.303 e. The average molecular weight is 267 g/mol. The minimum atomic E-state index is -0.827. The van der Waals surface area contributed by atoms with Crippen LogP contribution in [-0.2, 0) is 16.1 Å². The van der Waals surface area contributed by atoms with Crippen molar-refractivity contribution in [1.82, 2.24) is 15.1 Å². The van der Waals surface area contributed by atoms with E-state index in [1.54, 1.807) is 18.5 Å². The van der Waals surface area contributed by atoms with Crippen LogP contribution in [0.4, 0.5) is 0 Å². The van der Waals surface area contributed by atoms with E-state index in [2.05, 4.69) is 10.4 Å². The summed E-state index contributed by atoms with van der Waals surface area (Å²) in [4.78, 5) is 22.4. The molecule has 0 bridgehead atoms. The number of carboxylic acid groups (broad SMARTS) is 1. The molecule has 0 aromatic carbocycles. The van der Waals surface area contributed by atoms with Crippen LogP contribution < -0.4 is 5.32 Å². The van der Waals surface area contributed by atoms with Crippen LogP contribution in [0.1, 0.15) is 26.7 Å². The molecule has 2 N–H and O–H groups in total. The van der Waals surface area contributed by atoms with Gasteiger partial charge in [-0.05, 0) is 24.3 Å². The molecule has 0 aliphatic heterocycles. The van der Waals surface area contributed by atoms with Gasteiger partial charge in [0.1, 0.15) is 6.54 Å². The molecule has 6 nitrogen and oxygen atoms in total. The van der Waals surface area contributed by atoms with E-state index < -0.39 is 5.97 Å². The van der Waals surface area contributed by atoms with E-state index in [0.717, 1.165) is 6.42 Å². The van der Waals surface area contributed by atoms with Crippen LogP contribution in [0.2, 0.25) is 0 Å². The first-order valence-corrected chi connectivity index (χ1v) is 6.43. The normalized spacial score (nSPS) is 12.4. The first-order chi connectivity index (χ1) is 8.97. The quantitative estimate of drug-likeness (QED) is 0.739. The smallest absolute Gasteiger partial charge is 0.303 e. The molecule has 1 aromatic heterocycles. The summed E-state index contributed by atoms with van der Waals surface area (Å²) in [5, 5.41) is 15.6. The Kier molecular flexibility index (Phi) is 6.05. The molecule has 0 saturated carbocycles. The second-order valence-corrected chi connectivity index (χ2v) is 5.10. The maximum absolute atomic E-state index is 11.7. The molecule has 0 aliphatic rings. The van der Waals surface area contributed by atoms with Crippen LogP contribution in [0.15, 0.2) is 18.5 Å². The molecule has 0 spiro atoms. The summed E-state index contributed by atoms with van der Waals surface area (Å²) in [6, 6.07) is 1.75. The molecular weight excluding hydrogens is 246 g/mol. The van der Waals surface area contributed by atoms with Crippen LogP contribution in [0.3, 0.4) is 0 Å². The molecule has 0 aliphatic carbocycles. The number of carboxylic acids is 1. The lowest BCUT2D eigenvalue weighted by atomic mass is 9.94. The minimum absolute atomic E-state index is 0.0286. The highest BCUT2D eigenvalue weighted by atomic mass is 16.4. The predicted octanol–water partition coefficient (Wildman–Crippen LogP) is 1.14. The van der Waals surface area contributed by atoms with Crippen molar-refractivity contribution >= 4 is 11.9 Å². The van der Waals surface area contributed by atoms with Gasteiger partial charge in [0.15, 0.2) is 0 Å². The fraction of sp³-hybridized carbons (Fsp3) is 0.615. The second kappa shape index (κ2) is 7.56. The van der Waals surface area contributed by atoms with Gasteiger partial charge in [-0.15, -0.1) is 0 Å². The first kappa shape index (κ1) is 15.2. The van der Waals surface area contributed by atoms with E-state index in [1.165, 1.54) is 4.68 Å². The zero-order valence-corrected chi connectivity index (χ0v) is 11.4. The Bertz CT molecular complexity index is 401. The van der Waals surface area contributed by atoms with Gasteiger partial charge in [-0.3, -0.25) is 14.3 Å². The van der Waals surface area contributed by atoms with Crippen molar-refractivity contribution in [2.45, 2.75) is 33.2 Å². The molecule has 1 atom stereocenters. The summed E-state index contributed by atoms with van der Waals surface area (Å²) in [6.45, 7) is 4.64. The zero-order valence-electron chi connectivity index (χ0n) is 11.4. The van der Waals surface area contributed by atoms with Crippen molar-refractivity contribution in [2.75, 3.05) is 6.54 Å². The first-order valence-electron chi connectivity index (χ1n) is 6.43. The summed E-state index contributed by atoms with van der Waals surface area (Å²) < 4.78 is 1.53. The molecule has 1 aromatic rings. The van der Waals surface area contributed by atoms with Gasteiger partial charge < -0.3 is 10.4 Å². The number of nitrogens with zero attached hydrogens (tertiary/aromatic N) is 2. The topological polar surface area (TPSA) is 84.2 Å². The molecule has 0 saturated heterocycles. The van der Waals surface area contributed by atoms with Crippen molar-refractivity contribution in [3.63, 3.8) is 0 Å². The van der Waals surface area contributed by atoms with Gasteiger partial charge in [-0.2, -0.15) is 5.10 Å². The largest absolute Gasteiger partial charge is 0.481 e. The van der Waals surface area contributed by atoms with Crippen LogP contribution in [0.25, 0.3) is 0 Å². The number of carbonyl (C=O) groups excluding carboxylic acids is 1. The standard InChI is InChI=1S/C13H21N3O3/c1-10(2)6-11(7-13(18)19)8-14-12(17)9-16-5-3-4-15-16/h3-5,10-11H,6-9H2,1-2H3,(H,14,17)(H,18,19)/t11-/m0/s1. The lowest BCUT2D eigenvalue weighted by molar-refractivity contribution is -0.138. The second-order valence-electron chi connectivity index (χ2n) is 5.10. The van der Waals surface area contributed by atoms with E-state index in [0.29, 0.717) is 12.5 Å². The van der Waals surface area contributed by atoms with Crippen LogP contribution in [0.5, 0.6) is 0 Å². The number of carbonyl (C=O) groups is 2. The molecule has 0 fully saturated rings. The summed E-state index contributed by atoms with van der Waals surface area (Å²) in [6.07, 6.45) is 4.19. The third-order valence-electron chi connectivity index (χ3n) is 2.72. The summed E-state index contributed by atoms with van der Waals surface area (Å²) in [7, 11) is 0. The Balaban J connectivity index is 2.37. The molecule has 106 valence electrons. The van der Waals surface area contributed by atoms with Gasteiger partial charge in [-0.1, -0.05) is 13.8 Å². The van der Waals surface area contributed by atoms with E-state index in [1.807, 2.05) is 13.8 Å². The molecule has 0 radical (unpaired) electrons. The highest BCUT2D eigenvalue weighted by Gasteiger charge is 2.16. The third-order valence-corrected chi connectivity index (χ3v) is 2.72. The molecule has 19 heavy (non-hydrogen) atoms. The Hall–Kier alpha value is -1.85. The number of amides is 1. The highest BCUT2D eigenvalue weighted by molar-refractivity contribution is 5.75. The number of hydrogen-bond donors (Lipinski definition) is 2. The van der Waals surface area contributed by atoms with Crippen molar-refractivity contribution < 1.29 is 14.7 Å². The Morgan fingerprint density at radius 2 is 2.16 bits per heavy atom. The lowest BCUT2D eigenvalue weighted by Crippen LogP contribution is -2.33. The van der Waals surface area contributed by atoms with E-state index in [-0.39, 0.29) is 24.8 Å². The maximum atomic E-state index is 11.7. The molecule has 1 heterocycles. The van der Waals surface area contributed by atoms with Crippen molar-refractivity contribution in [2.24, 2.45) is 11.8 Å². The van der Waals surface area contributed by atoms with Crippen molar-refractivity contribution in [3.8, 4) is 0 Å². The Labute approximate surface area is 112 Å². The van der Waals surface area contributed by atoms with Gasteiger partial charge in [0, 0.05) is 25.4 Å². The van der Waals surface area contributed by atoms with Gasteiger partial charge >= 0.3 is 5.97 Å². The number of nitrogens with one attached hydrogen (secondary N) is 1. The van der Waals surface area contributed by atoms with E-state index >= 15 is 0 Å². The zero-order chi connectivity index (χ0) is 14.3. The van der Waals surface area contributed by atoms with E-state index in [4.69, 9.17) is 5.11 Å². The highest BCUT2D eigenvalue weighted by Crippen LogP contribution is 2.14. The number of hydrogen-bond acceptors (Lipinski definition) is 3.